The summed E-state index contributed by atoms with van der Waals surface area (Å²) in [5.41, 5.74) is 2.23. The van der Waals surface area contributed by atoms with Crippen LogP contribution < -0.4 is 0 Å². The molecule has 1 aliphatic rings. The average Bonchev–Trinajstić information content (AvgIpc) is 3.35. The van der Waals surface area contributed by atoms with E-state index >= 15 is 0 Å². The Hall–Kier alpha value is -2.05. The highest BCUT2D eigenvalue weighted by atomic mass is 35.5. The van der Waals surface area contributed by atoms with E-state index < -0.39 is 5.97 Å². The standard InChI is InChI=1S/C17H14ClN3O2S/c18-16-19-20-17(24-9-15(22)23)21(16)14-8-7-11(10-5-6-10)12-3-1-2-4-13(12)14/h1-4,7-8,10H,5-6,9H2,(H,22,23). The summed E-state index contributed by atoms with van der Waals surface area (Å²) in [7, 11) is 0. The maximum atomic E-state index is 10.9. The van der Waals surface area contributed by atoms with Crippen LogP contribution in [-0.2, 0) is 4.79 Å². The SMILES string of the molecule is O=C(O)CSc1nnc(Cl)n1-c1ccc(C2CC2)c2ccccc12. The first kappa shape index (κ1) is 15.5. The average molecular weight is 360 g/mol. The second kappa shape index (κ2) is 6.11. The Labute approximate surface area is 147 Å². The van der Waals surface area contributed by atoms with E-state index in [2.05, 4.69) is 28.4 Å². The molecule has 4 rings (SSSR count). The summed E-state index contributed by atoms with van der Waals surface area (Å²) in [5, 5.41) is 19.8. The highest BCUT2D eigenvalue weighted by Crippen LogP contribution is 2.44. The van der Waals surface area contributed by atoms with Crippen molar-refractivity contribution in [2.45, 2.75) is 23.9 Å². The van der Waals surface area contributed by atoms with E-state index in [1.807, 2.05) is 18.2 Å². The van der Waals surface area contributed by atoms with Gasteiger partial charge >= 0.3 is 5.97 Å². The predicted molar refractivity (Wildman–Crippen MR) is 94.2 cm³/mol. The smallest absolute Gasteiger partial charge is 0.313 e. The Morgan fingerprint density at radius 1 is 1.21 bits per heavy atom. The topological polar surface area (TPSA) is 68.0 Å². The number of carboxylic acids is 1. The number of hydrogen-bond acceptors (Lipinski definition) is 4. The summed E-state index contributed by atoms with van der Waals surface area (Å²) >= 11 is 7.35. The van der Waals surface area contributed by atoms with Gasteiger partial charge in [0, 0.05) is 5.39 Å². The van der Waals surface area contributed by atoms with Gasteiger partial charge in [-0.05, 0) is 47.4 Å². The van der Waals surface area contributed by atoms with E-state index in [4.69, 9.17) is 16.7 Å². The predicted octanol–water partition coefficient (Wildman–Crippen LogP) is 4.13. The van der Waals surface area contributed by atoms with Crippen LogP contribution >= 0.6 is 23.4 Å². The Bertz CT molecular complexity index is 937. The van der Waals surface area contributed by atoms with Crippen LogP contribution in [0.2, 0.25) is 5.28 Å². The third-order valence-corrected chi connectivity index (χ3v) is 5.27. The number of halogens is 1. The first-order valence-corrected chi connectivity index (χ1v) is 8.99. The molecule has 0 aliphatic heterocycles. The van der Waals surface area contributed by atoms with Crippen molar-refractivity contribution in [2.24, 2.45) is 0 Å². The van der Waals surface area contributed by atoms with E-state index in [0.29, 0.717) is 11.1 Å². The molecule has 0 spiro atoms. The molecule has 1 fully saturated rings. The molecule has 0 unspecified atom stereocenters. The van der Waals surface area contributed by atoms with E-state index in [1.165, 1.54) is 23.8 Å². The lowest BCUT2D eigenvalue weighted by Crippen LogP contribution is -2.03. The molecule has 7 heteroatoms. The summed E-state index contributed by atoms with van der Waals surface area (Å²) in [6.07, 6.45) is 2.47. The number of thioether (sulfide) groups is 1. The Morgan fingerprint density at radius 3 is 2.67 bits per heavy atom. The Balaban J connectivity index is 1.87. The molecule has 1 aliphatic carbocycles. The first-order chi connectivity index (χ1) is 11.6. The molecule has 5 nitrogen and oxygen atoms in total. The van der Waals surface area contributed by atoms with Gasteiger partial charge in [0.05, 0.1) is 11.4 Å². The lowest BCUT2D eigenvalue weighted by Gasteiger charge is -2.13. The van der Waals surface area contributed by atoms with E-state index in [9.17, 15) is 4.79 Å². The number of carboxylic acid groups (broad SMARTS) is 1. The number of hydrogen-bond donors (Lipinski definition) is 1. The van der Waals surface area contributed by atoms with Crippen molar-refractivity contribution in [1.82, 2.24) is 14.8 Å². The lowest BCUT2D eigenvalue weighted by molar-refractivity contribution is -0.133. The molecule has 3 aromatic rings. The molecular formula is C17H14ClN3O2S. The minimum absolute atomic E-state index is 0.0902. The fraction of sp³-hybridized carbons (Fsp3) is 0.235. The summed E-state index contributed by atoms with van der Waals surface area (Å²) in [4.78, 5) is 10.9. The molecule has 24 heavy (non-hydrogen) atoms. The zero-order valence-corrected chi connectivity index (χ0v) is 14.2. The second-order valence-corrected chi connectivity index (χ2v) is 7.04. The van der Waals surface area contributed by atoms with Crippen LogP contribution in [-0.4, -0.2) is 31.6 Å². The molecule has 0 saturated heterocycles. The largest absolute Gasteiger partial charge is 0.481 e. The van der Waals surface area contributed by atoms with Gasteiger partial charge in [-0.3, -0.25) is 9.36 Å². The van der Waals surface area contributed by atoms with Gasteiger partial charge < -0.3 is 5.11 Å². The van der Waals surface area contributed by atoms with Gasteiger partial charge in [-0.2, -0.15) is 0 Å². The molecule has 1 aromatic heterocycles. The van der Waals surface area contributed by atoms with Gasteiger partial charge in [0.15, 0.2) is 5.16 Å². The van der Waals surface area contributed by atoms with Crippen molar-refractivity contribution < 1.29 is 9.90 Å². The zero-order valence-electron chi connectivity index (χ0n) is 12.6. The third kappa shape index (κ3) is 2.76. The third-order valence-electron chi connectivity index (χ3n) is 4.11. The number of carbonyl (C=O) groups is 1. The van der Waals surface area contributed by atoms with Gasteiger partial charge in [-0.25, -0.2) is 0 Å². The lowest BCUT2D eigenvalue weighted by atomic mass is 9.99. The number of aromatic nitrogens is 3. The summed E-state index contributed by atoms with van der Waals surface area (Å²) < 4.78 is 1.72. The highest BCUT2D eigenvalue weighted by Gasteiger charge is 2.26. The fourth-order valence-corrected chi connectivity index (χ4v) is 3.85. The molecule has 122 valence electrons. The van der Waals surface area contributed by atoms with Crippen molar-refractivity contribution in [2.75, 3.05) is 5.75 Å². The monoisotopic (exact) mass is 359 g/mol. The van der Waals surface area contributed by atoms with E-state index in [-0.39, 0.29) is 11.0 Å². The molecule has 0 atom stereocenters. The second-order valence-electron chi connectivity index (χ2n) is 5.76. The molecule has 1 heterocycles. The van der Waals surface area contributed by atoms with E-state index in [1.54, 1.807) is 4.57 Å². The van der Waals surface area contributed by atoms with Crippen molar-refractivity contribution in [1.29, 1.82) is 0 Å². The molecule has 1 N–H and O–H groups in total. The molecule has 0 amide bonds. The summed E-state index contributed by atoms with van der Waals surface area (Å²) in [6.45, 7) is 0. The van der Waals surface area contributed by atoms with Crippen molar-refractivity contribution >= 4 is 40.1 Å². The van der Waals surface area contributed by atoms with Gasteiger partial charge in [0.1, 0.15) is 0 Å². The molecular weight excluding hydrogens is 346 g/mol. The van der Waals surface area contributed by atoms with Crippen LogP contribution in [0.1, 0.15) is 24.3 Å². The van der Waals surface area contributed by atoms with Gasteiger partial charge in [-0.1, -0.05) is 42.1 Å². The number of benzene rings is 2. The van der Waals surface area contributed by atoms with Gasteiger partial charge in [-0.15, -0.1) is 10.2 Å². The first-order valence-electron chi connectivity index (χ1n) is 7.62. The van der Waals surface area contributed by atoms with Crippen molar-refractivity contribution in [3.63, 3.8) is 0 Å². The number of rotatable bonds is 5. The Morgan fingerprint density at radius 2 is 1.96 bits per heavy atom. The molecule has 0 radical (unpaired) electrons. The molecule has 2 aromatic carbocycles. The van der Waals surface area contributed by atoms with Gasteiger partial charge in [0.2, 0.25) is 5.28 Å². The minimum atomic E-state index is -0.903. The normalized spacial score (nSPS) is 14.2. The van der Waals surface area contributed by atoms with Crippen LogP contribution in [0.3, 0.4) is 0 Å². The number of aliphatic carboxylic acids is 1. The minimum Gasteiger partial charge on any atom is -0.481 e. The van der Waals surface area contributed by atoms with Crippen LogP contribution in [0.4, 0.5) is 0 Å². The van der Waals surface area contributed by atoms with Crippen molar-refractivity contribution in [3.05, 3.63) is 47.2 Å². The summed E-state index contributed by atoms with van der Waals surface area (Å²) in [6, 6.07) is 12.4. The number of fused-ring (bicyclic) bond motifs is 1. The quantitative estimate of drug-likeness (QED) is 0.694. The number of nitrogens with zero attached hydrogens (tertiary/aromatic N) is 3. The molecule has 1 saturated carbocycles. The maximum absolute atomic E-state index is 10.9. The van der Waals surface area contributed by atoms with Crippen LogP contribution in [0.25, 0.3) is 16.5 Å². The Kier molecular flexibility index (Phi) is 3.94. The van der Waals surface area contributed by atoms with Crippen LogP contribution in [0.5, 0.6) is 0 Å². The maximum Gasteiger partial charge on any atom is 0.313 e. The van der Waals surface area contributed by atoms with Crippen LogP contribution in [0, 0.1) is 0 Å². The van der Waals surface area contributed by atoms with E-state index in [0.717, 1.165) is 22.8 Å². The molecule has 0 bridgehead atoms. The fourth-order valence-electron chi connectivity index (χ4n) is 2.93. The zero-order chi connectivity index (χ0) is 16.7. The van der Waals surface area contributed by atoms with Crippen molar-refractivity contribution in [3.8, 4) is 5.69 Å². The summed E-state index contributed by atoms with van der Waals surface area (Å²) in [5.74, 6) is -0.353. The van der Waals surface area contributed by atoms with Crippen LogP contribution in [0.15, 0.2) is 41.6 Å². The highest BCUT2D eigenvalue weighted by molar-refractivity contribution is 7.99. The van der Waals surface area contributed by atoms with Gasteiger partial charge in [0.25, 0.3) is 0 Å².